The summed E-state index contributed by atoms with van der Waals surface area (Å²) in [7, 11) is 0. The SMILES string of the molecule is Cc1ccc(C(O)C(O)CCNC(=O)OCc2ccccc2)c(C)c1. The van der Waals surface area contributed by atoms with E-state index in [1.54, 1.807) is 0 Å². The molecule has 25 heavy (non-hydrogen) atoms. The van der Waals surface area contributed by atoms with Gasteiger partial charge >= 0.3 is 6.09 Å². The zero-order valence-electron chi connectivity index (χ0n) is 14.6. The molecule has 0 aliphatic carbocycles. The number of aryl methyl sites for hydroxylation is 2. The lowest BCUT2D eigenvalue weighted by Crippen LogP contribution is -2.30. The van der Waals surface area contributed by atoms with Gasteiger partial charge in [-0.25, -0.2) is 4.79 Å². The van der Waals surface area contributed by atoms with Gasteiger partial charge in [0.15, 0.2) is 0 Å². The molecule has 134 valence electrons. The Hall–Kier alpha value is -2.37. The molecule has 0 radical (unpaired) electrons. The zero-order chi connectivity index (χ0) is 18.2. The number of alkyl carbamates (subject to hydrolysis) is 1. The molecule has 0 aromatic heterocycles. The fourth-order valence-corrected chi connectivity index (χ4v) is 2.62. The monoisotopic (exact) mass is 343 g/mol. The van der Waals surface area contributed by atoms with Gasteiger partial charge in [0, 0.05) is 6.54 Å². The van der Waals surface area contributed by atoms with E-state index in [4.69, 9.17) is 4.74 Å². The Morgan fingerprint density at radius 2 is 1.84 bits per heavy atom. The first-order chi connectivity index (χ1) is 12.0. The molecule has 2 aromatic rings. The van der Waals surface area contributed by atoms with Gasteiger partial charge in [0.25, 0.3) is 0 Å². The fourth-order valence-electron chi connectivity index (χ4n) is 2.62. The molecule has 2 unspecified atom stereocenters. The molecular weight excluding hydrogens is 318 g/mol. The highest BCUT2D eigenvalue weighted by molar-refractivity contribution is 5.67. The molecule has 5 heteroatoms. The van der Waals surface area contributed by atoms with Gasteiger partial charge in [0.1, 0.15) is 12.7 Å². The van der Waals surface area contributed by atoms with Crippen molar-refractivity contribution in [2.45, 2.75) is 39.1 Å². The van der Waals surface area contributed by atoms with Crippen molar-refractivity contribution in [3.05, 3.63) is 70.8 Å². The van der Waals surface area contributed by atoms with Crippen LogP contribution in [0.5, 0.6) is 0 Å². The number of ether oxygens (including phenoxy) is 1. The summed E-state index contributed by atoms with van der Waals surface area (Å²) in [6, 6.07) is 15.1. The average Bonchev–Trinajstić information content (AvgIpc) is 2.60. The highest BCUT2D eigenvalue weighted by Crippen LogP contribution is 2.23. The van der Waals surface area contributed by atoms with Crippen LogP contribution in [0.1, 0.15) is 34.8 Å². The Balaban J connectivity index is 1.74. The number of amides is 1. The number of benzene rings is 2. The van der Waals surface area contributed by atoms with E-state index in [2.05, 4.69) is 5.32 Å². The molecule has 0 bridgehead atoms. The molecule has 3 N–H and O–H groups in total. The van der Waals surface area contributed by atoms with Crippen LogP contribution in [0, 0.1) is 13.8 Å². The number of aliphatic hydroxyl groups is 2. The van der Waals surface area contributed by atoms with E-state index in [1.807, 2.05) is 62.4 Å². The van der Waals surface area contributed by atoms with Crippen molar-refractivity contribution in [2.75, 3.05) is 6.54 Å². The van der Waals surface area contributed by atoms with Gasteiger partial charge < -0.3 is 20.3 Å². The molecule has 2 atom stereocenters. The Labute approximate surface area is 148 Å². The molecule has 0 aliphatic heterocycles. The van der Waals surface area contributed by atoms with E-state index >= 15 is 0 Å². The van der Waals surface area contributed by atoms with Gasteiger partial charge in [-0.3, -0.25) is 0 Å². The molecule has 2 aromatic carbocycles. The fraction of sp³-hybridized carbons (Fsp3) is 0.350. The quantitative estimate of drug-likeness (QED) is 0.722. The minimum absolute atomic E-state index is 0.195. The molecule has 0 spiro atoms. The minimum Gasteiger partial charge on any atom is -0.445 e. The largest absolute Gasteiger partial charge is 0.445 e. The molecule has 5 nitrogen and oxygen atoms in total. The second-order valence-electron chi connectivity index (χ2n) is 6.15. The van der Waals surface area contributed by atoms with Crippen LogP contribution in [0.2, 0.25) is 0 Å². The first-order valence-corrected chi connectivity index (χ1v) is 8.35. The van der Waals surface area contributed by atoms with Crippen LogP contribution in [0.4, 0.5) is 4.79 Å². The molecule has 1 amide bonds. The maximum atomic E-state index is 11.7. The lowest BCUT2D eigenvalue weighted by Gasteiger charge is -2.20. The second-order valence-corrected chi connectivity index (χ2v) is 6.15. The van der Waals surface area contributed by atoms with Crippen LogP contribution in [0.3, 0.4) is 0 Å². The summed E-state index contributed by atoms with van der Waals surface area (Å²) >= 11 is 0. The predicted octanol–water partition coefficient (Wildman–Crippen LogP) is 3.01. The minimum atomic E-state index is -0.984. The van der Waals surface area contributed by atoms with Gasteiger partial charge in [-0.2, -0.15) is 0 Å². The highest BCUT2D eigenvalue weighted by Gasteiger charge is 2.20. The van der Waals surface area contributed by atoms with Crippen molar-refractivity contribution < 1.29 is 19.7 Å². The molecule has 0 fully saturated rings. The van der Waals surface area contributed by atoms with E-state index in [-0.39, 0.29) is 19.6 Å². The summed E-state index contributed by atoms with van der Waals surface area (Å²) in [5.74, 6) is 0. The standard InChI is InChI=1S/C20H25NO4/c1-14-8-9-17(15(2)12-14)19(23)18(22)10-11-21-20(24)25-13-16-6-4-3-5-7-16/h3-9,12,18-19,22-23H,10-11,13H2,1-2H3,(H,21,24). The summed E-state index contributed by atoms with van der Waals surface area (Å²) in [5.41, 5.74) is 3.64. The van der Waals surface area contributed by atoms with Crippen molar-refractivity contribution in [3.63, 3.8) is 0 Å². The molecular formula is C20H25NO4. The van der Waals surface area contributed by atoms with Crippen LogP contribution in [0.25, 0.3) is 0 Å². The molecule has 2 rings (SSSR count). The van der Waals surface area contributed by atoms with Crippen molar-refractivity contribution >= 4 is 6.09 Å². The van der Waals surface area contributed by atoms with E-state index in [0.717, 1.165) is 16.7 Å². The number of hydrogen-bond donors (Lipinski definition) is 3. The maximum absolute atomic E-state index is 11.7. The molecule has 0 saturated carbocycles. The molecule has 0 aliphatic rings. The van der Waals surface area contributed by atoms with E-state index in [0.29, 0.717) is 5.56 Å². The summed E-state index contributed by atoms with van der Waals surface area (Å²) in [4.78, 5) is 11.7. The summed E-state index contributed by atoms with van der Waals surface area (Å²) in [5, 5.41) is 23.0. The summed E-state index contributed by atoms with van der Waals surface area (Å²) in [6.07, 6.45) is -2.26. The van der Waals surface area contributed by atoms with Gasteiger partial charge in [0.05, 0.1) is 6.10 Å². The van der Waals surface area contributed by atoms with Gasteiger partial charge in [-0.1, -0.05) is 54.1 Å². The number of aliphatic hydroxyl groups excluding tert-OH is 2. The topological polar surface area (TPSA) is 78.8 Å². The van der Waals surface area contributed by atoms with Crippen LogP contribution in [-0.4, -0.2) is 29.0 Å². The van der Waals surface area contributed by atoms with Crippen molar-refractivity contribution in [1.82, 2.24) is 5.32 Å². The number of rotatable bonds is 7. The maximum Gasteiger partial charge on any atom is 0.407 e. The van der Waals surface area contributed by atoms with Crippen molar-refractivity contribution in [3.8, 4) is 0 Å². The Bertz CT molecular complexity index is 687. The van der Waals surface area contributed by atoms with E-state index < -0.39 is 18.3 Å². The summed E-state index contributed by atoms with van der Waals surface area (Å²) < 4.78 is 5.09. The number of carbonyl (C=O) groups excluding carboxylic acids is 1. The third-order valence-corrected chi connectivity index (χ3v) is 4.03. The zero-order valence-corrected chi connectivity index (χ0v) is 14.6. The van der Waals surface area contributed by atoms with E-state index in [1.165, 1.54) is 0 Å². The van der Waals surface area contributed by atoms with Gasteiger partial charge in [-0.15, -0.1) is 0 Å². The first-order valence-electron chi connectivity index (χ1n) is 8.35. The van der Waals surface area contributed by atoms with Crippen molar-refractivity contribution in [2.24, 2.45) is 0 Å². The number of carbonyl (C=O) groups is 1. The summed E-state index contributed by atoms with van der Waals surface area (Å²) in [6.45, 7) is 4.29. The Morgan fingerprint density at radius 3 is 2.52 bits per heavy atom. The average molecular weight is 343 g/mol. The van der Waals surface area contributed by atoms with E-state index in [9.17, 15) is 15.0 Å². The second kappa shape index (κ2) is 9.20. The first kappa shape index (κ1) is 19.0. The van der Waals surface area contributed by atoms with Crippen LogP contribution < -0.4 is 5.32 Å². The van der Waals surface area contributed by atoms with Gasteiger partial charge in [-0.05, 0) is 37.0 Å². The normalized spacial score (nSPS) is 13.1. The molecule has 0 heterocycles. The van der Waals surface area contributed by atoms with Crippen LogP contribution >= 0.6 is 0 Å². The third kappa shape index (κ3) is 5.89. The van der Waals surface area contributed by atoms with Gasteiger partial charge in [0.2, 0.25) is 0 Å². The number of nitrogens with one attached hydrogen (secondary N) is 1. The molecule has 0 saturated heterocycles. The smallest absolute Gasteiger partial charge is 0.407 e. The highest BCUT2D eigenvalue weighted by atomic mass is 16.5. The van der Waals surface area contributed by atoms with Crippen LogP contribution in [0.15, 0.2) is 48.5 Å². The van der Waals surface area contributed by atoms with Crippen LogP contribution in [-0.2, 0) is 11.3 Å². The Kier molecular flexibility index (Phi) is 6.98. The lowest BCUT2D eigenvalue weighted by atomic mass is 9.96. The number of hydrogen-bond acceptors (Lipinski definition) is 4. The van der Waals surface area contributed by atoms with Crippen molar-refractivity contribution in [1.29, 1.82) is 0 Å². The third-order valence-electron chi connectivity index (χ3n) is 4.03. The predicted molar refractivity (Wildman–Crippen MR) is 96.1 cm³/mol. The Morgan fingerprint density at radius 1 is 1.12 bits per heavy atom. The lowest BCUT2D eigenvalue weighted by molar-refractivity contribution is 0.0132.